The molecule has 0 saturated carbocycles. The predicted molar refractivity (Wildman–Crippen MR) is 55.2 cm³/mol. The molecule has 0 saturated heterocycles. The number of benzene rings is 1. The van der Waals surface area contributed by atoms with Gasteiger partial charge in [0.25, 0.3) is 5.91 Å². The first kappa shape index (κ1) is 9.67. The third-order valence-corrected chi connectivity index (χ3v) is 2.25. The molecule has 1 heterocycles. The van der Waals surface area contributed by atoms with E-state index in [4.69, 9.17) is 4.84 Å². The number of rotatable bonds is 2. The number of hydrogen-bond donors (Lipinski definition) is 1. The van der Waals surface area contributed by atoms with Crippen molar-refractivity contribution < 1.29 is 9.63 Å². The number of nitrogens with one attached hydrogen (secondary N) is 1. The fraction of sp³-hybridized carbons (Fsp3) is 0.200. The number of hydrogen-bond acceptors (Lipinski definition) is 3. The molecule has 5 heteroatoms. The third kappa shape index (κ3) is 1.69. The van der Waals surface area contributed by atoms with Crippen molar-refractivity contribution in [2.24, 2.45) is 0 Å². The lowest BCUT2D eigenvalue weighted by Crippen LogP contribution is -2.25. The van der Waals surface area contributed by atoms with Gasteiger partial charge < -0.3 is 0 Å². The number of amides is 1. The lowest BCUT2D eigenvalue weighted by Gasteiger charge is -2.13. The summed E-state index contributed by atoms with van der Waals surface area (Å²) in [5.41, 5.74) is 1.49. The summed E-state index contributed by atoms with van der Waals surface area (Å²) in [5, 5.41) is 8.80. The van der Waals surface area contributed by atoms with Gasteiger partial charge in [-0.3, -0.25) is 14.7 Å². The van der Waals surface area contributed by atoms with Crippen LogP contribution in [0.25, 0.3) is 10.9 Å². The van der Waals surface area contributed by atoms with Crippen molar-refractivity contribution in [3.63, 3.8) is 0 Å². The van der Waals surface area contributed by atoms with Crippen LogP contribution in [-0.2, 0) is 4.84 Å². The zero-order chi connectivity index (χ0) is 10.8. The Hall–Kier alpha value is -1.88. The van der Waals surface area contributed by atoms with Crippen LogP contribution in [0.15, 0.2) is 24.4 Å². The molecule has 1 amide bonds. The van der Waals surface area contributed by atoms with E-state index < -0.39 is 0 Å². The molecule has 78 valence electrons. The second kappa shape index (κ2) is 3.70. The van der Waals surface area contributed by atoms with Crippen LogP contribution in [0.1, 0.15) is 10.4 Å². The molecule has 0 aliphatic heterocycles. The van der Waals surface area contributed by atoms with Crippen LogP contribution in [0.3, 0.4) is 0 Å². The van der Waals surface area contributed by atoms with E-state index in [-0.39, 0.29) is 5.91 Å². The minimum Gasteiger partial charge on any atom is -0.278 e. The average Bonchev–Trinajstić information content (AvgIpc) is 2.73. The van der Waals surface area contributed by atoms with E-state index in [0.29, 0.717) is 5.56 Å². The van der Waals surface area contributed by atoms with Crippen LogP contribution in [-0.4, -0.2) is 35.3 Å². The van der Waals surface area contributed by atoms with Crippen molar-refractivity contribution in [3.05, 3.63) is 30.0 Å². The van der Waals surface area contributed by atoms with Crippen molar-refractivity contribution >= 4 is 16.8 Å². The van der Waals surface area contributed by atoms with Crippen molar-refractivity contribution in [2.75, 3.05) is 14.2 Å². The van der Waals surface area contributed by atoms with Crippen molar-refractivity contribution in [2.45, 2.75) is 0 Å². The molecule has 1 aromatic heterocycles. The summed E-state index contributed by atoms with van der Waals surface area (Å²) in [6.45, 7) is 0. The van der Waals surface area contributed by atoms with E-state index in [0.717, 1.165) is 10.9 Å². The Morgan fingerprint density at radius 3 is 3.07 bits per heavy atom. The summed E-state index contributed by atoms with van der Waals surface area (Å²) in [4.78, 5) is 16.5. The number of fused-ring (bicyclic) bond motifs is 1. The van der Waals surface area contributed by atoms with Gasteiger partial charge >= 0.3 is 0 Å². The molecule has 15 heavy (non-hydrogen) atoms. The summed E-state index contributed by atoms with van der Waals surface area (Å²) in [6, 6.07) is 5.33. The van der Waals surface area contributed by atoms with Gasteiger partial charge in [0.2, 0.25) is 0 Å². The number of hydroxylamine groups is 2. The molecule has 5 nitrogen and oxygen atoms in total. The molecular weight excluding hydrogens is 194 g/mol. The minimum atomic E-state index is -0.180. The highest BCUT2D eigenvalue weighted by Gasteiger charge is 2.11. The molecule has 0 fully saturated rings. The molecule has 0 aliphatic rings. The SMILES string of the molecule is CON(C)C(=O)c1ccc2[nH]ncc2c1. The van der Waals surface area contributed by atoms with E-state index in [1.165, 1.54) is 12.2 Å². The van der Waals surface area contributed by atoms with Gasteiger partial charge in [-0.05, 0) is 18.2 Å². The molecule has 0 unspecified atom stereocenters. The maximum absolute atomic E-state index is 11.7. The van der Waals surface area contributed by atoms with E-state index in [1.54, 1.807) is 25.4 Å². The Bertz CT molecular complexity index is 492. The molecule has 0 aliphatic carbocycles. The van der Waals surface area contributed by atoms with Crippen LogP contribution in [0.5, 0.6) is 0 Å². The Morgan fingerprint density at radius 1 is 1.53 bits per heavy atom. The zero-order valence-electron chi connectivity index (χ0n) is 8.52. The number of aromatic nitrogens is 2. The van der Waals surface area contributed by atoms with E-state index in [9.17, 15) is 4.79 Å². The maximum Gasteiger partial charge on any atom is 0.277 e. The number of carbonyl (C=O) groups excluding carboxylic acids is 1. The van der Waals surface area contributed by atoms with Gasteiger partial charge in [0.05, 0.1) is 18.8 Å². The maximum atomic E-state index is 11.7. The first-order valence-electron chi connectivity index (χ1n) is 4.47. The smallest absolute Gasteiger partial charge is 0.277 e. The molecular formula is C10H11N3O2. The summed E-state index contributed by atoms with van der Waals surface area (Å²) in [5.74, 6) is -0.180. The van der Waals surface area contributed by atoms with Crippen LogP contribution in [0.2, 0.25) is 0 Å². The monoisotopic (exact) mass is 205 g/mol. The first-order valence-corrected chi connectivity index (χ1v) is 4.47. The fourth-order valence-electron chi connectivity index (χ4n) is 1.34. The van der Waals surface area contributed by atoms with Crippen LogP contribution < -0.4 is 0 Å². The first-order chi connectivity index (χ1) is 7.22. The minimum absolute atomic E-state index is 0.180. The number of nitrogens with zero attached hydrogens (tertiary/aromatic N) is 2. The van der Waals surface area contributed by atoms with Crippen LogP contribution >= 0.6 is 0 Å². The van der Waals surface area contributed by atoms with Crippen molar-refractivity contribution in [1.82, 2.24) is 15.3 Å². The zero-order valence-corrected chi connectivity index (χ0v) is 8.52. The summed E-state index contributed by atoms with van der Waals surface area (Å²) >= 11 is 0. The van der Waals surface area contributed by atoms with Crippen LogP contribution in [0.4, 0.5) is 0 Å². The highest BCUT2D eigenvalue weighted by molar-refractivity contribution is 5.97. The number of aromatic amines is 1. The van der Waals surface area contributed by atoms with Crippen molar-refractivity contribution in [3.8, 4) is 0 Å². The van der Waals surface area contributed by atoms with Crippen molar-refractivity contribution in [1.29, 1.82) is 0 Å². The van der Waals surface area contributed by atoms with Gasteiger partial charge in [0.15, 0.2) is 0 Å². The molecule has 2 aromatic rings. The third-order valence-electron chi connectivity index (χ3n) is 2.25. The van der Waals surface area contributed by atoms with Gasteiger partial charge in [-0.25, -0.2) is 5.06 Å². The number of carbonyl (C=O) groups is 1. The molecule has 0 radical (unpaired) electrons. The Balaban J connectivity index is 2.39. The summed E-state index contributed by atoms with van der Waals surface area (Å²) < 4.78 is 0. The number of H-pyrrole nitrogens is 1. The van der Waals surface area contributed by atoms with Gasteiger partial charge in [-0.1, -0.05) is 0 Å². The molecule has 0 bridgehead atoms. The highest BCUT2D eigenvalue weighted by atomic mass is 16.7. The molecule has 2 rings (SSSR count). The lowest BCUT2D eigenvalue weighted by molar-refractivity contribution is -0.0756. The van der Waals surface area contributed by atoms with E-state index in [2.05, 4.69) is 10.2 Å². The fourth-order valence-corrected chi connectivity index (χ4v) is 1.34. The second-order valence-corrected chi connectivity index (χ2v) is 3.16. The largest absolute Gasteiger partial charge is 0.278 e. The van der Waals surface area contributed by atoms with Crippen LogP contribution in [0, 0.1) is 0 Å². The summed E-state index contributed by atoms with van der Waals surface area (Å²) in [7, 11) is 3.02. The van der Waals surface area contributed by atoms with Gasteiger partial charge in [0, 0.05) is 18.0 Å². The highest BCUT2D eigenvalue weighted by Crippen LogP contribution is 2.13. The topological polar surface area (TPSA) is 58.2 Å². The Kier molecular flexibility index (Phi) is 2.39. The van der Waals surface area contributed by atoms with E-state index in [1.807, 2.05) is 6.07 Å². The van der Waals surface area contributed by atoms with Gasteiger partial charge in [-0.2, -0.15) is 5.10 Å². The van der Waals surface area contributed by atoms with E-state index >= 15 is 0 Å². The standard InChI is InChI=1S/C10H11N3O2/c1-13(15-2)10(14)7-3-4-9-8(5-7)6-11-12-9/h3-6H,1-2H3,(H,11,12). The molecule has 1 N–H and O–H groups in total. The Morgan fingerprint density at radius 2 is 2.33 bits per heavy atom. The quantitative estimate of drug-likeness (QED) is 0.749. The molecule has 0 spiro atoms. The second-order valence-electron chi connectivity index (χ2n) is 3.16. The van der Waals surface area contributed by atoms with Gasteiger partial charge in [-0.15, -0.1) is 0 Å². The Labute approximate surface area is 86.6 Å². The normalized spacial score (nSPS) is 10.5. The molecule has 0 atom stereocenters. The summed E-state index contributed by atoms with van der Waals surface area (Å²) in [6.07, 6.45) is 1.68. The lowest BCUT2D eigenvalue weighted by atomic mass is 10.1. The van der Waals surface area contributed by atoms with Gasteiger partial charge in [0.1, 0.15) is 0 Å². The average molecular weight is 205 g/mol. The predicted octanol–water partition coefficient (Wildman–Crippen LogP) is 1.20. The molecule has 1 aromatic carbocycles.